The molecule has 6 heteroatoms. The number of ether oxygens (including phenoxy) is 1. The second-order valence-corrected chi connectivity index (χ2v) is 5.94. The molecule has 2 amide bonds. The molecule has 0 bridgehead atoms. The van der Waals surface area contributed by atoms with Crippen molar-refractivity contribution in [2.45, 2.75) is 45.6 Å². The minimum Gasteiger partial charge on any atom is -0.462 e. The van der Waals surface area contributed by atoms with Gasteiger partial charge >= 0.3 is 12.0 Å². The van der Waals surface area contributed by atoms with Gasteiger partial charge in [0.1, 0.15) is 5.00 Å². The van der Waals surface area contributed by atoms with Gasteiger partial charge in [0.2, 0.25) is 0 Å². The van der Waals surface area contributed by atoms with Gasteiger partial charge in [-0.2, -0.15) is 0 Å². The number of aryl methyl sites for hydroxylation is 1. The summed E-state index contributed by atoms with van der Waals surface area (Å²) in [6.45, 7) is 5.98. The number of esters is 1. The molecule has 0 atom stereocenters. The van der Waals surface area contributed by atoms with Gasteiger partial charge in [-0.3, -0.25) is 5.32 Å². The van der Waals surface area contributed by atoms with E-state index in [0.29, 0.717) is 17.2 Å². The van der Waals surface area contributed by atoms with Crippen molar-refractivity contribution < 1.29 is 14.3 Å². The topological polar surface area (TPSA) is 67.4 Å². The smallest absolute Gasteiger partial charge is 0.341 e. The molecule has 0 unspecified atom stereocenters. The number of anilines is 1. The Morgan fingerprint density at radius 1 is 1.40 bits per heavy atom. The highest BCUT2D eigenvalue weighted by molar-refractivity contribution is 7.15. The highest BCUT2D eigenvalue weighted by Crippen LogP contribution is 2.38. The lowest BCUT2D eigenvalue weighted by molar-refractivity contribution is 0.0527. The first-order valence-electron chi connectivity index (χ1n) is 6.85. The quantitative estimate of drug-likeness (QED) is 0.819. The summed E-state index contributed by atoms with van der Waals surface area (Å²) in [5, 5.41) is 8.13. The second-order valence-electron chi connectivity index (χ2n) is 5.06. The van der Waals surface area contributed by atoms with Gasteiger partial charge in [0.15, 0.2) is 0 Å². The van der Waals surface area contributed by atoms with Gasteiger partial charge in [-0.25, -0.2) is 9.59 Å². The molecular formula is C14H20N2O3S. The minimum atomic E-state index is -0.391. The second kappa shape index (κ2) is 5.83. The van der Waals surface area contributed by atoms with Crippen LogP contribution >= 0.6 is 11.3 Å². The van der Waals surface area contributed by atoms with Crippen LogP contribution in [0.2, 0.25) is 0 Å². The Morgan fingerprint density at radius 3 is 2.65 bits per heavy atom. The van der Waals surface area contributed by atoms with Crippen LogP contribution in [0.4, 0.5) is 9.80 Å². The molecule has 0 spiro atoms. The number of nitrogens with one attached hydrogen (secondary N) is 2. The zero-order valence-corrected chi connectivity index (χ0v) is 12.9. The van der Waals surface area contributed by atoms with E-state index in [1.54, 1.807) is 6.92 Å². The van der Waals surface area contributed by atoms with Crippen molar-refractivity contribution >= 4 is 28.3 Å². The summed E-state index contributed by atoms with van der Waals surface area (Å²) in [4.78, 5) is 23.9. The Hall–Kier alpha value is -1.56. The molecule has 0 aromatic carbocycles. The molecule has 5 nitrogen and oxygen atoms in total. The van der Waals surface area contributed by atoms with E-state index in [0.717, 1.165) is 24.8 Å². The van der Waals surface area contributed by atoms with E-state index in [1.165, 1.54) is 11.3 Å². The first kappa shape index (κ1) is 14.8. The van der Waals surface area contributed by atoms with Gasteiger partial charge in [-0.15, -0.1) is 11.3 Å². The number of carbonyl (C=O) groups excluding carboxylic acids is 2. The number of amides is 2. The summed E-state index contributed by atoms with van der Waals surface area (Å²) in [6, 6.07) is -0.253. The van der Waals surface area contributed by atoms with Crippen LogP contribution < -0.4 is 10.6 Å². The van der Waals surface area contributed by atoms with Gasteiger partial charge in [-0.1, -0.05) is 6.92 Å². The number of rotatable bonds is 5. The Bertz CT molecular complexity index is 520. The number of urea groups is 1. The zero-order valence-electron chi connectivity index (χ0n) is 12.0. The van der Waals surface area contributed by atoms with Crippen LogP contribution in [0.5, 0.6) is 0 Å². The lowest BCUT2D eigenvalue weighted by Crippen LogP contribution is -2.39. The van der Waals surface area contributed by atoms with Crippen molar-refractivity contribution in [2.75, 3.05) is 11.9 Å². The standard InChI is InChI=1S/C14H20N2O3S/c1-4-14(6-7-14)16-13(18)15-11-10(9(3)8-20-11)12(17)19-5-2/h8H,4-7H2,1-3H3,(H2,15,16,18). The molecule has 0 radical (unpaired) electrons. The highest BCUT2D eigenvalue weighted by atomic mass is 32.1. The molecule has 2 N–H and O–H groups in total. The van der Waals surface area contributed by atoms with Crippen molar-refractivity contribution in [2.24, 2.45) is 0 Å². The molecule has 1 fully saturated rings. The maximum absolute atomic E-state index is 12.0. The third-order valence-electron chi connectivity index (χ3n) is 3.59. The zero-order chi connectivity index (χ0) is 14.8. The Balaban J connectivity index is 2.06. The van der Waals surface area contributed by atoms with Gasteiger partial charge in [0, 0.05) is 5.54 Å². The fraction of sp³-hybridized carbons (Fsp3) is 0.571. The van der Waals surface area contributed by atoms with Crippen LogP contribution in [0.3, 0.4) is 0 Å². The average molecular weight is 296 g/mol. The van der Waals surface area contributed by atoms with Crippen LogP contribution in [-0.4, -0.2) is 24.1 Å². The van der Waals surface area contributed by atoms with Gasteiger partial charge in [0.25, 0.3) is 0 Å². The summed E-state index contributed by atoms with van der Waals surface area (Å²) >= 11 is 1.34. The van der Waals surface area contributed by atoms with Crippen LogP contribution in [0.25, 0.3) is 0 Å². The fourth-order valence-electron chi connectivity index (χ4n) is 2.09. The molecule has 2 rings (SSSR count). The largest absolute Gasteiger partial charge is 0.462 e. The summed E-state index contributed by atoms with van der Waals surface area (Å²) in [7, 11) is 0. The number of hydrogen-bond donors (Lipinski definition) is 2. The third-order valence-corrected chi connectivity index (χ3v) is 4.60. The highest BCUT2D eigenvalue weighted by Gasteiger charge is 2.42. The number of thiophene rings is 1. The van der Waals surface area contributed by atoms with E-state index in [2.05, 4.69) is 17.6 Å². The average Bonchev–Trinajstić information content (AvgIpc) is 3.07. The first-order chi connectivity index (χ1) is 9.51. The molecule has 0 saturated heterocycles. The molecule has 1 aliphatic rings. The molecule has 20 heavy (non-hydrogen) atoms. The van der Waals surface area contributed by atoms with Crippen molar-refractivity contribution in [3.8, 4) is 0 Å². The van der Waals surface area contributed by atoms with E-state index >= 15 is 0 Å². The Labute approximate surface area is 122 Å². The molecule has 1 aromatic rings. The Morgan fingerprint density at radius 2 is 2.10 bits per heavy atom. The molecule has 1 aromatic heterocycles. The maximum Gasteiger partial charge on any atom is 0.341 e. The summed E-state index contributed by atoms with van der Waals surface area (Å²) < 4.78 is 5.02. The normalized spacial score (nSPS) is 15.6. The van der Waals surface area contributed by atoms with E-state index < -0.39 is 5.97 Å². The molecule has 1 aliphatic carbocycles. The number of carbonyl (C=O) groups is 2. The SMILES string of the molecule is CCOC(=O)c1c(C)csc1NC(=O)NC1(CC)CC1. The predicted molar refractivity (Wildman–Crippen MR) is 79.4 cm³/mol. The first-order valence-corrected chi connectivity index (χ1v) is 7.73. The van der Waals surface area contributed by atoms with Crippen LogP contribution in [-0.2, 0) is 4.74 Å². The third kappa shape index (κ3) is 3.12. The van der Waals surface area contributed by atoms with Crippen LogP contribution in [0, 0.1) is 6.92 Å². The predicted octanol–water partition coefficient (Wildman–Crippen LogP) is 3.30. The van der Waals surface area contributed by atoms with Gasteiger partial charge < -0.3 is 10.1 Å². The van der Waals surface area contributed by atoms with Crippen molar-refractivity contribution in [3.63, 3.8) is 0 Å². The lowest BCUT2D eigenvalue weighted by atomic mass is 10.2. The van der Waals surface area contributed by atoms with Crippen molar-refractivity contribution in [1.82, 2.24) is 5.32 Å². The molecule has 1 saturated carbocycles. The van der Waals surface area contributed by atoms with Crippen molar-refractivity contribution in [1.29, 1.82) is 0 Å². The summed E-state index contributed by atoms with van der Waals surface area (Å²) in [5.41, 5.74) is 1.23. The summed E-state index contributed by atoms with van der Waals surface area (Å²) in [5.74, 6) is -0.391. The monoisotopic (exact) mass is 296 g/mol. The maximum atomic E-state index is 12.0. The van der Waals surface area contributed by atoms with E-state index in [-0.39, 0.29) is 11.6 Å². The van der Waals surface area contributed by atoms with Crippen molar-refractivity contribution in [3.05, 3.63) is 16.5 Å². The molecule has 1 heterocycles. The molecular weight excluding hydrogens is 276 g/mol. The molecule has 0 aliphatic heterocycles. The van der Waals surface area contributed by atoms with E-state index in [9.17, 15) is 9.59 Å². The minimum absolute atomic E-state index is 0.0412. The molecule has 110 valence electrons. The fourth-order valence-corrected chi connectivity index (χ4v) is 3.01. The van der Waals surface area contributed by atoms with Gasteiger partial charge in [0.05, 0.1) is 12.2 Å². The lowest BCUT2D eigenvalue weighted by Gasteiger charge is -2.15. The summed E-state index contributed by atoms with van der Waals surface area (Å²) in [6.07, 6.45) is 2.96. The van der Waals surface area contributed by atoms with E-state index in [1.807, 2.05) is 12.3 Å². The van der Waals surface area contributed by atoms with Crippen LogP contribution in [0.15, 0.2) is 5.38 Å². The Kier molecular flexibility index (Phi) is 4.32. The van der Waals surface area contributed by atoms with Crippen LogP contribution in [0.1, 0.15) is 49.0 Å². The number of hydrogen-bond acceptors (Lipinski definition) is 4. The van der Waals surface area contributed by atoms with Gasteiger partial charge in [-0.05, 0) is 44.1 Å². The van der Waals surface area contributed by atoms with E-state index in [4.69, 9.17) is 4.74 Å².